The minimum atomic E-state index is -0.574. The Morgan fingerprint density at radius 1 is 1.19 bits per heavy atom. The van der Waals surface area contributed by atoms with Gasteiger partial charge in [0.05, 0.1) is 5.60 Å². The van der Waals surface area contributed by atoms with Crippen LogP contribution in [0.2, 0.25) is 0 Å². The van der Waals surface area contributed by atoms with Crippen LogP contribution in [0.4, 0.5) is 0 Å². The smallest absolute Gasteiger partial charge is 0.189 e. The first-order valence-corrected chi connectivity index (χ1v) is 7.70. The highest BCUT2D eigenvalue weighted by Crippen LogP contribution is 2.27. The van der Waals surface area contributed by atoms with Crippen LogP contribution in [0.15, 0.2) is 35.1 Å². The van der Waals surface area contributed by atoms with Gasteiger partial charge in [0.2, 0.25) is 0 Å². The molecule has 0 aliphatic heterocycles. The maximum atomic E-state index is 12.0. The SMILES string of the molecule is O=c1cc(CNCC2(O)CCCCC2)[nH]c2ccccc12. The predicted octanol–water partition coefficient (Wildman–Crippen LogP) is 2.31. The van der Waals surface area contributed by atoms with Crippen LogP contribution in [-0.4, -0.2) is 22.2 Å². The van der Waals surface area contributed by atoms with Crippen LogP contribution in [0.1, 0.15) is 37.8 Å². The largest absolute Gasteiger partial charge is 0.389 e. The summed E-state index contributed by atoms with van der Waals surface area (Å²) >= 11 is 0. The molecule has 0 amide bonds. The second kappa shape index (κ2) is 6.00. The van der Waals surface area contributed by atoms with Crippen molar-refractivity contribution in [1.29, 1.82) is 0 Å². The maximum Gasteiger partial charge on any atom is 0.189 e. The number of benzene rings is 1. The molecule has 1 fully saturated rings. The predicted molar refractivity (Wildman–Crippen MR) is 84.3 cm³/mol. The Morgan fingerprint density at radius 3 is 2.76 bits per heavy atom. The van der Waals surface area contributed by atoms with Crippen LogP contribution >= 0.6 is 0 Å². The number of pyridine rings is 1. The molecule has 0 radical (unpaired) electrons. The number of hydrogen-bond acceptors (Lipinski definition) is 3. The van der Waals surface area contributed by atoms with Crippen molar-refractivity contribution in [1.82, 2.24) is 10.3 Å². The van der Waals surface area contributed by atoms with Gasteiger partial charge in [-0.3, -0.25) is 4.79 Å². The highest BCUT2D eigenvalue weighted by atomic mass is 16.3. The molecule has 3 N–H and O–H groups in total. The van der Waals surface area contributed by atoms with Gasteiger partial charge in [0, 0.05) is 35.8 Å². The molecule has 0 saturated heterocycles. The fraction of sp³-hybridized carbons (Fsp3) is 0.471. The molecule has 1 saturated carbocycles. The molecule has 1 aliphatic rings. The van der Waals surface area contributed by atoms with Gasteiger partial charge in [-0.2, -0.15) is 0 Å². The molecular formula is C17H22N2O2. The molecule has 3 rings (SSSR count). The van der Waals surface area contributed by atoms with E-state index in [1.807, 2.05) is 24.3 Å². The van der Waals surface area contributed by atoms with Gasteiger partial charge < -0.3 is 15.4 Å². The molecule has 0 atom stereocenters. The van der Waals surface area contributed by atoms with E-state index in [4.69, 9.17) is 0 Å². The lowest BCUT2D eigenvalue weighted by Gasteiger charge is -2.32. The standard InChI is InChI=1S/C17H22N2O2/c20-16-10-13(19-15-7-3-2-6-14(15)16)11-18-12-17(21)8-4-1-5-9-17/h2-3,6-7,10,18,21H,1,4-5,8-9,11-12H2,(H,19,20). The summed E-state index contributed by atoms with van der Waals surface area (Å²) in [5.74, 6) is 0. The van der Waals surface area contributed by atoms with Gasteiger partial charge in [0.15, 0.2) is 5.43 Å². The van der Waals surface area contributed by atoms with Gasteiger partial charge >= 0.3 is 0 Å². The Labute approximate surface area is 124 Å². The van der Waals surface area contributed by atoms with Crippen molar-refractivity contribution in [3.8, 4) is 0 Å². The maximum absolute atomic E-state index is 12.0. The van der Waals surface area contributed by atoms with Crippen LogP contribution in [0.3, 0.4) is 0 Å². The quantitative estimate of drug-likeness (QED) is 0.808. The zero-order valence-electron chi connectivity index (χ0n) is 12.2. The van der Waals surface area contributed by atoms with E-state index in [0.717, 1.165) is 36.9 Å². The fourth-order valence-corrected chi connectivity index (χ4v) is 3.16. The summed E-state index contributed by atoms with van der Waals surface area (Å²) in [4.78, 5) is 15.3. The van der Waals surface area contributed by atoms with Crippen LogP contribution in [0, 0.1) is 0 Å². The molecular weight excluding hydrogens is 264 g/mol. The number of fused-ring (bicyclic) bond motifs is 1. The van der Waals surface area contributed by atoms with Crippen LogP contribution in [0.25, 0.3) is 10.9 Å². The Kier molecular flexibility index (Phi) is 4.08. The third-order valence-electron chi connectivity index (χ3n) is 4.35. The fourth-order valence-electron chi connectivity index (χ4n) is 3.16. The van der Waals surface area contributed by atoms with Gasteiger partial charge in [0.25, 0.3) is 0 Å². The zero-order chi connectivity index (χ0) is 14.7. The van der Waals surface area contributed by atoms with E-state index in [0.29, 0.717) is 18.5 Å². The van der Waals surface area contributed by atoms with Gasteiger partial charge in [-0.1, -0.05) is 31.4 Å². The minimum absolute atomic E-state index is 0.0394. The average Bonchev–Trinajstić information content (AvgIpc) is 2.48. The molecule has 1 aromatic carbocycles. The first-order valence-electron chi connectivity index (χ1n) is 7.70. The third-order valence-corrected chi connectivity index (χ3v) is 4.35. The third kappa shape index (κ3) is 3.34. The number of nitrogens with one attached hydrogen (secondary N) is 2. The first-order chi connectivity index (χ1) is 10.2. The topological polar surface area (TPSA) is 65.1 Å². The molecule has 4 heteroatoms. The Bertz CT molecular complexity index is 672. The van der Waals surface area contributed by atoms with E-state index in [1.165, 1.54) is 6.42 Å². The van der Waals surface area contributed by atoms with Gasteiger partial charge in [-0.25, -0.2) is 0 Å². The molecule has 0 bridgehead atoms. The number of rotatable bonds is 4. The summed E-state index contributed by atoms with van der Waals surface area (Å²) in [5, 5.41) is 14.4. The van der Waals surface area contributed by atoms with Crippen molar-refractivity contribution in [3.63, 3.8) is 0 Å². The van der Waals surface area contributed by atoms with Gasteiger partial charge in [-0.15, -0.1) is 0 Å². The Balaban J connectivity index is 1.67. The number of para-hydroxylation sites is 1. The normalized spacial score (nSPS) is 18.0. The van der Waals surface area contributed by atoms with Crippen LogP contribution in [0.5, 0.6) is 0 Å². The van der Waals surface area contributed by atoms with E-state index in [2.05, 4.69) is 10.3 Å². The molecule has 2 aromatic rings. The van der Waals surface area contributed by atoms with Crippen molar-refractivity contribution < 1.29 is 5.11 Å². The highest BCUT2D eigenvalue weighted by molar-refractivity contribution is 5.78. The van der Waals surface area contributed by atoms with E-state index in [9.17, 15) is 9.90 Å². The van der Waals surface area contributed by atoms with Crippen LogP contribution in [-0.2, 0) is 6.54 Å². The number of aliphatic hydroxyl groups is 1. The van der Waals surface area contributed by atoms with Crippen molar-refractivity contribution >= 4 is 10.9 Å². The number of aromatic amines is 1. The molecule has 4 nitrogen and oxygen atoms in total. The molecule has 1 aliphatic carbocycles. The van der Waals surface area contributed by atoms with E-state index < -0.39 is 5.60 Å². The molecule has 0 unspecified atom stereocenters. The van der Waals surface area contributed by atoms with Crippen molar-refractivity contribution in [2.75, 3.05) is 6.54 Å². The van der Waals surface area contributed by atoms with Gasteiger partial charge in [-0.05, 0) is 25.0 Å². The summed E-state index contributed by atoms with van der Waals surface area (Å²) in [7, 11) is 0. The molecule has 1 aromatic heterocycles. The summed E-state index contributed by atoms with van der Waals surface area (Å²) in [6, 6.07) is 9.17. The van der Waals surface area contributed by atoms with E-state index in [-0.39, 0.29) is 5.43 Å². The average molecular weight is 286 g/mol. The zero-order valence-corrected chi connectivity index (χ0v) is 12.2. The number of H-pyrrole nitrogens is 1. The Morgan fingerprint density at radius 2 is 1.95 bits per heavy atom. The number of hydrogen-bond donors (Lipinski definition) is 3. The lowest BCUT2D eigenvalue weighted by molar-refractivity contribution is 0.00462. The first kappa shape index (κ1) is 14.3. The summed E-state index contributed by atoms with van der Waals surface area (Å²) in [5.41, 5.74) is 1.18. The second-order valence-corrected chi connectivity index (χ2v) is 6.09. The lowest BCUT2D eigenvalue weighted by Crippen LogP contribution is -2.42. The Hall–Kier alpha value is -1.65. The summed E-state index contributed by atoms with van der Waals surface area (Å²) in [6.07, 6.45) is 5.17. The molecule has 21 heavy (non-hydrogen) atoms. The molecule has 112 valence electrons. The summed E-state index contributed by atoms with van der Waals surface area (Å²) < 4.78 is 0. The molecule has 1 heterocycles. The number of aromatic nitrogens is 1. The van der Waals surface area contributed by atoms with Crippen molar-refractivity contribution in [2.45, 2.75) is 44.2 Å². The highest BCUT2D eigenvalue weighted by Gasteiger charge is 2.28. The summed E-state index contributed by atoms with van der Waals surface area (Å²) in [6.45, 7) is 1.16. The van der Waals surface area contributed by atoms with Crippen molar-refractivity contribution in [2.24, 2.45) is 0 Å². The van der Waals surface area contributed by atoms with Crippen molar-refractivity contribution in [3.05, 3.63) is 46.2 Å². The minimum Gasteiger partial charge on any atom is -0.389 e. The second-order valence-electron chi connectivity index (χ2n) is 6.09. The molecule has 0 spiro atoms. The van der Waals surface area contributed by atoms with Gasteiger partial charge in [0.1, 0.15) is 0 Å². The van der Waals surface area contributed by atoms with E-state index in [1.54, 1.807) is 6.07 Å². The monoisotopic (exact) mass is 286 g/mol. The van der Waals surface area contributed by atoms with E-state index >= 15 is 0 Å². The van der Waals surface area contributed by atoms with Crippen LogP contribution < -0.4 is 10.7 Å². The lowest BCUT2D eigenvalue weighted by atomic mass is 9.85.